The number of aryl methyl sites for hydroxylation is 6. The summed E-state index contributed by atoms with van der Waals surface area (Å²) < 4.78 is 115. The fraction of sp³-hybridized carbons (Fsp3) is 0.140. The first kappa shape index (κ1) is 25.8. The van der Waals surface area contributed by atoms with Crippen molar-refractivity contribution in [2.24, 2.45) is 4.99 Å². The van der Waals surface area contributed by atoms with Gasteiger partial charge in [0.2, 0.25) is 5.49 Å². The van der Waals surface area contributed by atoms with E-state index in [1.165, 1.54) is 61.3 Å². The summed E-state index contributed by atoms with van der Waals surface area (Å²) in [6.45, 7) is 0. The van der Waals surface area contributed by atoms with Crippen LogP contribution >= 0.6 is 0 Å². The van der Waals surface area contributed by atoms with E-state index in [1.54, 1.807) is 59.2 Å². The molecule has 4 aromatic carbocycles. The number of hydrogen-bond acceptors (Lipinski definition) is 6. The Bertz CT molecular complexity index is 3290. The van der Waals surface area contributed by atoms with Crippen molar-refractivity contribution in [3.63, 3.8) is 0 Å². The van der Waals surface area contributed by atoms with Gasteiger partial charge in [0, 0.05) is 40.7 Å². The van der Waals surface area contributed by atoms with Crippen molar-refractivity contribution < 1.29 is 36.6 Å². The van der Waals surface area contributed by atoms with E-state index in [0.717, 1.165) is 23.8 Å². The average Bonchev–Trinajstić information content (AvgIpc) is 3.77. The van der Waals surface area contributed by atoms with Crippen LogP contribution in [-0.4, -0.2) is 24.9 Å². The van der Waals surface area contributed by atoms with E-state index in [0.29, 0.717) is 50.4 Å². The van der Waals surface area contributed by atoms with Gasteiger partial charge in [-0.15, -0.1) is 102 Å². The topological polar surface area (TPSA) is 79.8 Å². The molecule has 1 atom stereocenters. The second-order valence-corrected chi connectivity index (χ2v) is 13.1. The van der Waals surface area contributed by atoms with Crippen LogP contribution in [-0.2, 0) is 58.3 Å². The maximum atomic E-state index is 9.63. The maximum absolute atomic E-state index is 9.63. The molecule has 2 aliphatic heterocycles. The molecule has 0 fully saturated rings. The number of pyridine rings is 3. The van der Waals surface area contributed by atoms with Gasteiger partial charge in [0.1, 0.15) is 5.69 Å². The molecule has 8 aromatic rings. The number of fused-ring (bicyclic) bond motifs is 7. The summed E-state index contributed by atoms with van der Waals surface area (Å²) in [6, 6.07) is 38.8. The maximum Gasteiger partial charge on any atom is 3.00 e. The third-order valence-electron chi connectivity index (χ3n) is 9.39. The van der Waals surface area contributed by atoms with Crippen LogP contribution in [0.1, 0.15) is 61.6 Å². The van der Waals surface area contributed by atoms with Gasteiger partial charge in [-0.25, -0.2) is 14.6 Å². The number of nitrogens with zero attached hydrogens (tertiary/aromatic N) is 7. The van der Waals surface area contributed by atoms with Crippen LogP contribution in [0.25, 0.3) is 33.8 Å². The minimum atomic E-state index is -3.16. The summed E-state index contributed by atoms with van der Waals surface area (Å²) in [6.07, 6.45) is -12.3. The molecule has 6 heterocycles. The molecular weight excluding hydrogens is 891 g/mol. The molecule has 4 aromatic heterocycles. The Morgan fingerprint density at radius 1 is 0.534 bits per heavy atom. The van der Waals surface area contributed by atoms with Gasteiger partial charge in [-0.3, -0.25) is 0 Å². The van der Waals surface area contributed by atoms with Crippen LogP contribution in [0.4, 0.5) is 5.69 Å². The van der Waals surface area contributed by atoms with Crippen LogP contribution in [0.15, 0.2) is 151 Å². The summed E-state index contributed by atoms with van der Waals surface area (Å²) >= 11 is 0. The Morgan fingerprint density at radius 3 is 1.69 bits per heavy atom. The van der Waals surface area contributed by atoms with Crippen molar-refractivity contribution >= 4 is 5.69 Å². The molecule has 0 N–H and O–H groups in total. The summed E-state index contributed by atoms with van der Waals surface area (Å²) in [4.78, 5) is 27.1. The van der Waals surface area contributed by atoms with Gasteiger partial charge in [0.15, 0.2) is 12.4 Å². The number of aromatic nitrogens is 5. The van der Waals surface area contributed by atoms with E-state index in [-0.39, 0.29) is 36.8 Å². The van der Waals surface area contributed by atoms with Crippen LogP contribution in [0.5, 0.6) is 0 Å². The molecule has 0 bridgehead atoms. The second kappa shape index (κ2) is 16.6. The van der Waals surface area contributed by atoms with Crippen LogP contribution in [0.3, 0.4) is 0 Å². The first-order chi connectivity index (χ1) is 32.7. The van der Waals surface area contributed by atoms with Gasteiger partial charge in [-0.2, -0.15) is 0 Å². The predicted octanol–water partition coefficient (Wildman–Crippen LogP) is 7.88. The van der Waals surface area contributed by atoms with E-state index in [2.05, 4.69) is 43.1 Å². The molecule has 2 aliphatic rings. The molecule has 7 nitrogen and oxygen atoms in total. The van der Waals surface area contributed by atoms with Crippen LogP contribution in [0.2, 0.25) is 0 Å². The van der Waals surface area contributed by atoms with Gasteiger partial charge < -0.3 is 15.0 Å². The third kappa shape index (κ3) is 7.69. The molecule has 0 saturated heterocycles. The van der Waals surface area contributed by atoms with Gasteiger partial charge in [-0.1, -0.05) is 48.0 Å². The van der Waals surface area contributed by atoms with Crippen LogP contribution in [0, 0.1) is 18.2 Å². The Balaban J connectivity index is 0.00000608. The number of benzene rings is 4. The third-order valence-corrected chi connectivity index (χ3v) is 9.39. The zero-order valence-electron chi connectivity index (χ0n) is 42.4. The fourth-order valence-corrected chi connectivity index (χ4v) is 6.73. The Hall–Kier alpha value is -6.34. The standard InChI is InChI=1S/C50H37N7.Ir/c1-3-9-40(10-4-1)44-23-21-34(31-53-44)15-17-36-27-37(18-16-35-22-24-45(54-32-35)41-11-5-2-6-12-41)29-38(28-36)19-20-39-30-46-47(55-33-39)42-13-7-8-14-43(42)49-56-48-50(57(46)49)52-26-25-51-48;/h1-9,11,14,21-33,49H,15-20H2;/q-2;+3/i15D2,16D2,17D2,18D2,19D2,20D2;. The summed E-state index contributed by atoms with van der Waals surface area (Å²) in [5, 5.41) is 0. The van der Waals surface area contributed by atoms with E-state index >= 15 is 0 Å². The molecule has 58 heavy (non-hydrogen) atoms. The van der Waals surface area contributed by atoms with E-state index in [1.807, 2.05) is 12.1 Å². The largest absolute Gasteiger partial charge is 3.00 e. The molecule has 0 radical (unpaired) electrons. The van der Waals surface area contributed by atoms with Crippen molar-refractivity contribution in [3.8, 4) is 33.8 Å². The van der Waals surface area contributed by atoms with Crippen molar-refractivity contribution in [1.82, 2.24) is 29.5 Å². The van der Waals surface area contributed by atoms with Gasteiger partial charge in [0.05, 0.1) is 6.20 Å². The summed E-state index contributed by atoms with van der Waals surface area (Å²) in [7, 11) is 0. The summed E-state index contributed by atoms with van der Waals surface area (Å²) in [5.74, 6) is 0. The van der Waals surface area contributed by atoms with E-state index in [4.69, 9.17) is 4.99 Å². The van der Waals surface area contributed by atoms with Crippen LogP contribution < -0.4 is 15.6 Å². The molecule has 0 saturated carbocycles. The second-order valence-electron chi connectivity index (χ2n) is 13.1. The first-order valence-corrected chi connectivity index (χ1v) is 18.1. The normalized spacial score (nSPS) is 17.9. The van der Waals surface area contributed by atoms with Gasteiger partial charge >= 0.3 is 25.6 Å². The quantitative estimate of drug-likeness (QED) is 0.0975. The Labute approximate surface area is 368 Å². The van der Waals surface area contributed by atoms with Crippen molar-refractivity contribution in [1.29, 1.82) is 0 Å². The molecule has 10 rings (SSSR count). The molecule has 280 valence electrons. The SMILES string of the molecule is [2H]C([2H])(c1ccc(-c2[c-]cccc2)nc1)C([2H])([2H])c1cc(C([2H])([2H])C([2H])([2H])c2ccc(-c3[c-]cccc3)nc2)cc(C([2H])([2H])C([2H])([2H])c2cnc3c(c2)[N+]2=c4nccnc4=NC2c2ccc[c-]c2-3)c1.[Ir+3]. The zero-order valence-corrected chi connectivity index (χ0v) is 32.8. The number of hydrogen-bond donors (Lipinski definition) is 0. The smallest absolute Gasteiger partial charge is 0.304 e. The number of rotatable bonds is 11. The van der Waals surface area contributed by atoms with Crippen molar-refractivity contribution in [2.75, 3.05) is 0 Å². The minimum absolute atomic E-state index is 0. The monoisotopic (exact) mass is 940 g/mol. The summed E-state index contributed by atoms with van der Waals surface area (Å²) in [5.41, 5.74) is 2.51. The fourth-order valence-electron chi connectivity index (χ4n) is 6.73. The van der Waals surface area contributed by atoms with Crippen molar-refractivity contribution in [2.45, 2.75) is 44.4 Å². The average molecular weight is 940 g/mol. The molecule has 0 spiro atoms. The predicted molar refractivity (Wildman–Crippen MR) is 221 cm³/mol. The first-order valence-electron chi connectivity index (χ1n) is 24.1. The molecular formula is C50H37IrN7+. The molecule has 0 aliphatic carbocycles. The molecule has 8 heteroatoms. The van der Waals surface area contributed by atoms with Gasteiger partial charge in [-0.05, 0) is 94.1 Å². The van der Waals surface area contributed by atoms with Gasteiger partial charge in [0.25, 0.3) is 0 Å². The zero-order chi connectivity index (χ0) is 48.7. The van der Waals surface area contributed by atoms with Crippen molar-refractivity contribution in [3.05, 3.63) is 214 Å². The minimum Gasteiger partial charge on any atom is -0.304 e. The Morgan fingerprint density at radius 2 is 1.10 bits per heavy atom. The van der Waals surface area contributed by atoms with E-state index in [9.17, 15) is 16.4 Å². The molecule has 1 unspecified atom stereocenters. The molecule has 0 amide bonds. The Kier molecular flexibility index (Phi) is 7.41. The van der Waals surface area contributed by atoms with E-state index < -0.39 is 61.1 Å².